The standard InChI is InChI=1S/C34H25ClFN3O4S2/c1-20-5-4-6-22(17-20)18-43-25-15-11-23(12-16-25)30(40)28-29(26-7-2-3-8-27(26)36)39(32(42)31(28)41)33-37-38-34(45-33)44-19-21-9-13-24(35)14-10-21/h2-17,29,40H,18-19H2,1H3. The summed E-state index contributed by atoms with van der Waals surface area (Å²) in [7, 11) is 0. The highest BCUT2D eigenvalue weighted by molar-refractivity contribution is 8.00. The lowest BCUT2D eigenvalue weighted by Crippen LogP contribution is -2.29. The van der Waals surface area contributed by atoms with Crippen LogP contribution >= 0.6 is 34.7 Å². The van der Waals surface area contributed by atoms with Crippen molar-refractivity contribution in [3.63, 3.8) is 0 Å². The Kier molecular flexibility index (Phi) is 8.97. The molecule has 226 valence electrons. The number of aliphatic hydroxyl groups excluding tert-OH is 1. The van der Waals surface area contributed by atoms with Gasteiger partial charge < -0.3 is 9.84 Å². The molecule has 1 unspecified atom stereocenters. The summed E-state index contributed by atoms with van der Waals surface area (Å²) in [6.45, 7) is 2.36. The second-order valence-corrected chi connectivity index (χ2v) is 12.9. The SMILES string of the molecule is Cc1cccc(COc2ccc(C(O)=C3C(=O)C(=O)N(c4nnc(SCc5ccc(Cl)cc5)s4)C3c3ccccc3F)cc2)c1. The van der Waals surface area contributed by atoms with E-state index in [1.165, 1.54) is 30.0 Å². The number of Topliss-reactive ketones (excluding diaryl/α,β-unsaturated/α-hetero) is 1. The number of carbonyl (C=O) groups is 2. The summed E-state index contributed by atoms with van der Waals surface area (Å²) in [4.78, 5) is 28.1. The number of nitrogens with zero attached hydrogens (tertiary/aromatic N) is 3. The fraction of sp³-hybridized carbons (Fsp3) is 0.118. The third-order valence-electron chi connectivity index (χ3n) is 7.14. The molecule has 4 aromatic carbocycles. The first-order valence-corrected chi connectivity index (χ1v) is 16.0. The molecule has 1 fully saturated rings. The van der Waals surface area contributed by atoms with Crippen LogP contribution in [-0.2, 0) is 21.9 Å². The van der Waals surface area contributed by atoms with E-state index in [9.17, 15) is 14.7 Å². The molecule has 1 N–H and O–H groups in total. The Bertz CT molecular complexity index is 1910. The van der Waals surface area contributed by atoms with E-state index < -0.39 is 29.3 Å². The molecule has 1 atom stereocenters. The quantitative estimate of drug-likeness (QED) is 0.0562. The van der Waals surface area contributed by atoms with Crippen LogP contribution in [0.3, 0.4) is 0 Å². The van der Waals surface area contributed by atoms with E-state index in [4.69, 9.17) is 16.3 Å². The van der Waals surface area contributed by atoms with E-state index in [2.05, 4.69) is 10.2 Å². The minimum Gasteiger partial charge on any atom is -0.507 e. The highest BCUT2D eigenvalue weighted by atomic mass is 35.5. The molecule has 11 heteroatoms. The van der Waals surface area contributed by atoms with Gasteiger partial charge in [0, 0.05) is 21.9 Å². The Labute approximate surface area is 272 Å². The predicted octanol–water partition coefficient (Wildman–Crippen LogP) is 8.14. The number of benzene rings is 4. The molecule has 1 amide bonds. The van der Waals surface area contributed by atoms with E-state index in [1.54, 1.807) is 42.5 Å². The van der Waals surface area contributed by atoms with Crippen molar-refractivity contribution in [3.8, 4) is 5.75 Å². The lowest BCUT2D eigenvalue weighted by atomic mass is 9.95. The van der Waals surface area contributed by atoms with Gasteiger partial charge in [-0.25, -0.2) is 4.39 Å². The van der Waals surface area contributed by atoms with E-state index in [0.29, 0.717) is 27.5 Å². The van der Waals surface area contributed by atoms with Gasteiger partial charge in [0.2, 0.25) is 5.13 Å². The molecular formula is C34H25ClFN3O4S2. The number of halogens is 2. The van der Waals surface area contributed by atoms with Gasteiger partial charge in [-0.05, 0) is 60.5 Å². The summed E-state index contributed by atoms with van der Waals surface area (Å²) >= 11 is 8.48. The number of ether oxygens (including phenoxy) is 1. The van der Waals surface area contributed by atoms with Gasteiger partial charge in [-0.1, -0.05) is 94.9 Å². The molecule has 0 aliphatic carbocycles. The third kappa shape index (κ3) is 6.63. The molecule has 0 bridgehead atoms. The van der Waals surface area contributed by atoms with Gasteiger partial charge in [0.15, 0.2) is 4.34 Å². The summed E-state index contributed by atoms with van der Waals surface area (Å²) in [6.07, 6.45) is 0. The molecule has 0 radical (unpaired) electrons. The van der Waals surface area contributed by atoms with Gasteiger partial charge in [0.1, 0.15) is 30.0 Å². The van der Waals surface area contributed by atoms with Crippen molar-refractivity contribution in [2.45, 2.75) is 29.7 Å². The van der Waals surface area contributed by atoms with Crippen molar-refractivity contribution < 1.29 is 23.8 Å². The van der Waals surface area contributed by atoms with Crippen LogP contribution in [0.4, 0.5) is 9.52 Å². The zero-order valence-corrected chi connectivity index (χ0v) is 26.2. The maximum Gasteiger partial charge on any atom is 0.301 e. The van der Waals surface area contributed by atoms with Gasteiger partial charge in [0.05, 0.1) is 5.57 Å². The summed E-state index contributed by atoms with van der Waals surface area (Å²) in [5.74, 6) is -1.83. The lowest BCUT2D eigenvalue weighted by molar-refractivity contribution is -0.132. The van der Waals surface area contributed by atoms with E-state index >= 15 is 4.39 Å². The first-order valence-electron chi connectivity index (χ1n) is 13.8. The summed E-state index contributed by atoms with van der Waals surface area (Å²) in [5.41, 5.74) is 3.22. The zero-order chi connectivity index (χ0) is 31.5. The number of rotatable bonds is 9. The Morgan fingerprint density at radius 3 is 2.47 bits per heavy atom. The van der Waals surface area contributed by atoms with Gasteiger partial charge in [0.25, 0.3) is 5.78 Å². The summed E-state index contributed by atoms with van der Waals surface area (Å²) in [5, 5.41) is 20.6. The van der Waals surface area contributed by atoms with Crippen LogP contribution in [0.5, 0.6) is 5.75 Å². The number of thioether (sulfide) groups is 1. The molecule has 2 heterocycles. The highest BCUT2D eigenvalue weighted by Crippen LogP contribution is 2.44. The molecule has 1 aliphatic rings. The van der Waals surface area contributed by atoms with Gasteiger partial charge in [-0.3, -0.25) is 14.5 Å². The maximum atomic E-state index is 15.3. The number of amides is 1. The van der Waals surface area contributed by atoms with Gasteiger partial charge >= 0.3 is 5.91 Å². The average Bonchev–Trinajstić information content (AvgIpc) is 3.61. The molecule has 0 saturated carbocycles. The van der Waals surface area contributed by atoms with Crippen LogP contribution in [0.25, 0.3) is 5.76 Å². The minimum absolute atomic E-state index is 0.0434. The van der Waals surface area contributed by atoms with Crippen LogP contribution in [0.1, 0.15) is 33.9 Å². The fourth-order valence-electron chi connectivity index (χ4n) is 4.94. The lowest BCUT2D eigenvalue weighted by Gasteiger charge is -2.22. The van der Waals surface area contributed by atoms with Crippen molar-refractivity contribution in [2.75, 3.05) is 4.90 Å². The first kappa shape index (κ1) is 30.5. The fourth-order valence-corrected chi connectivity index (χ4v) is 6.89. The number of ketones is 1. The molecule has 1 aliphatic heterocycles. The van der Waals surface area contributed by atoms with Crippen LogP contribution < -0.4 is 9.64 Å². The number of anilines is 1. The topological polar surface area (TPSA) is 92.6 Å². The van der Waals surface area contributed by atoms with Crippen molar-refractivity contribution in [1.82, 2.24) is 10.2 Å². The second kappa shape index (κ2) is 13.2. The number of hydrogen-bond donors (Lipinski definition) is 1. The molecular weight excluding hydrogens is 633 g/mol. The van der Waals surface area contributed by atoms with Gasteiger partial charge in [-0.15, -0.1) is 10.2 Å². The number of aromatic nitrogens is 2. The molecule has 7 nitrogen and oxygen atoms in total. The predicted molar refractivity (Wildman–Crippen MR) is 174 cm³/mol. The number of aryl methyl sites for hydroxylation is 1. The average molecular weight is 658 g/mol. The molecule has 1 saturated heterocycles. The van der Waals surface area contributed by atoms with Crippen LogP contribution in [0.15, 0.2) is 107 Å². The van der Waals surface area contributed by atoms with Crippen LogP contribution in [-0.4, -0.2) is 27.0 Å². The molecule has 5 aromatic rings. The smallest absolute Gasteiger partial charge is 0.301 e. The Morgan fingerprint density at radius 1 is 0.978 bits per heavy atom. The summed E-state index contributed by atoms with van der Waals surface area (Å²) in [6, 6.07) is 26.4. The molecule has 1 aromatic heterocycles. The Balaban J connectivity index is 1.30. The third-order valence-corrected chi connectivity index (χ3v) is 9.52. The van der Waals surface area contributed by atoms with Crippen molar-refractivity contribution in [3.05, 3.63) is 141 Å². The van der Waals surface area contributed by atoms with E-state index in [1.807, 2.05) is 43.3 Å². The second-order valence-electron chi connectivity index (χ2n) is 10.3. The van der Waals surface area contributed by atoms with Crippen molar-refractivity contribution >= 4 is 57.3 Å². The Hall–Kier alpha value is -4.51. The van der Waals surface area contributed by atoms with Crippen LogP contribution in [0.2, 0.25) is 5.02 Å². The van der Waals surface area contributed by atoms with Crippen molar-refractivity contribution in [1.29, 1.82) is 0 Å². The largest absolute Gasteiger partial charge is 0.507 e. The first-order chi connectivity index (χ1) is 21.8. The monoisotopic (exact) mass is 657 g/mol. The minimum atomic E-state index is -1.26. The van der Waals surface area contributed by atoms with Gasteiger partial charge in [-0.2, -0.15) is 0 Å². The van der Waals surface area contributed by atoms with Crippen LogP contribution in [0, 0.1) is 12.7 Å². The molecule has 45 heavy (non-hydrogen) atoms. The van der Waals surface area contributed by atoms with Crippen molar-refractivity contribution in [2.24, 2.45) is 0 Å². The molecule has 6 rings (SSSR count). The number of carbonyl (C=O) groups excluding carboxylic acids is 2. The normalized spacial score (nSPS) is 15.9. The molecule has 0 spiro atoms. The van der Waals surface area contributed by atoms with E-state index in [0.717, 1.165) is 32.9 Å². The highest BCUT2D eigenvalue weighted by Gasteiger charge is 2.49. The maximum absolute atomic E-state index is 15.3. The Morgan fingerprint density at radius 2 is 1.73 bits per heavy atom. The zero-order valence-electron chi connectivity index (χ0n) is 23.8. The number of hydrogen-bond acceptors (Lipinski definition) is 8. The summed E-state index contributed by atoms with van der Waals surface area (Å²) < 4.78 is 21.7. The number of aliphatic hydroxyl groups is 1. The van der Waals surface area contributed by atoms with E-state index in [-0.39, 0.29) is 21.8 Å².